The quantitative estimate of drug-likeness (QED) is 0.846. The van der Waals surface area contributed by atoms with Gasteiger partial charge >= 0.3 is 0 Å². The molecule has 0 spiro atoms. The fraction of sp³-hybridized carbons (Fsp3) is 0.182. The van der Waals surface area contributed by atoms with Gasteiger partial charge in [-0.3, -0.25) is 0 Å². The Morgan fingerprint density at radius 1 is 1.40 bits per heavy atom. The minimum atomic E-state index is 0.474. The molecule has 1 aromatic heterocycles. The molecule has 2 N–H and O–H groups in total. The van der Waals surface area contributed by atoms with Gasteiger partial charge in [-0.1, -0.05) is 11.6 Å². The molecule has 0 bridgehead atoms. The summed E-state index contributed by atoms with van der Waals surface area (Å²) in [6.45, 7) is 2.44. The molecule has 1 heterocycles. The van der Waals surface area contributed by atoms with Crippen molar-refractivity contribution in [2.24, 2.45) is 5.73 Å². The minimum absolute atomic E-state index is 0.474. The van der Waals surface area contributed by atoms with E-state index in [2.05, 4.69) is 5.10 Å². The van der Waals surface area contributed by atoms with E-state index in [9.17, 15) is 0 Å². The Bertz CT molecular complexity index is 476. The van der Waals surface area contributed by atoms with Gasteiger partial charge in [0.05, 0.1) is 11.4 Å². The number of aryl methyl sites for hydroxylation is 1. The van der Waals surface area contributed by atoms with Gasteiger partial charge in [0.15, 0.2) is 0 Å². The first-order valence-corrected chi connectivity index (χ1v) is 5.09. The number of rotatable bonds is 2. The van der Waals surface area contributed by atoms with Crippen LogP contribution in [0.5, 0.6) is 0 Å². The van der Waals surface area contributed by atoms with Crippen molar-refractivity contribution >= 4 is 11.6 Å². The van der Waals surface area contributed by atoms with Crippen molar-refractivity contribution in [2.75, 3.05) is 0 Å². The third-order valence-electron chi connectivity index (χ3n) is 2.32. The molecule has 1 aromatic carbocycles. The number of benzene rings is 1. The summed E-state index contributed by atoms with van der Waals surface area (Å²) in [6, 6.07) is 7.70. The van der Waals surface area contributed by atoms with E-state index >= 15 is 0 Å². The number of hydrogen-bond acceptors (Lipinski definition) is 2. The van der Waals surface area contributed by atoms with Gasteiger partial charge in [0.2, 0.25) is 0 Å². The Balaban J connectivity index is 2.50. The normalized spacial score (nSPS) is 10.6. The summed E-state index contributed by atoms with van der Waals surface area (Å²) in [5.74, 6) is 0. The molecular formula is C11H12ClN3. The molecule has 0 amide bonds. The molecule has 3 nitrogen and oxygen atoms in total. The van der Waals surface area contributed by atoms with E-state index in [4.69, 9.17) is 17.3 Å². The molecule has 0 fully saturated rings. The highest BCUT2D eigenvalue weighted by molar-refractivity contribution is 6.31. The molecule has 4 heteroatoms. The third kappa shape index (κ3) is 1.89. The standard InChI is InChI=1S/C11H12ClN3/c1-8-6-9(2-3-11(8)12)15-10(7-13)4-5-14-15/h2-6H,7,13H2,1H3. The minimum Gasteiger partial charge on any atom is -0.325 e. The summed E-state index contributed by atoms with van der Waals surface area (Å²) in [6.07, 6.45) is 1.74. The van der Waals surface area contributed by atoms with Crippen LogP contribution in [0.2, 0.25) is 5.02 Å². The number of halogens is 1. The fourth-order valence-corrected chi connectivity index (χ4v) is 1.60. The van der Waals surface area contributed by atoms with Crippen LogP contribution in [0.1, 0.15) is 11.3 Å². The lowest BCUT2D eigenvalue weighted by molar-refractivity contribution is 0.803. The summed E-state index contributed by atoms with van der Waals surface area (Å²) in [7, 11) is 0. The van der Waals surface area contributed by atoms with Crippen LogP contribution in [-0.2, 0) is 6.54 Å². The molecule has 0 radical (unpaired) electrons. The van der Waals surface area contributed by atoms with Crippen LogP contribution in [0.4, 0.5) is 0 Å². The van der Waals surface area contributed by atoms with E-state index in [-0.39, 0.29) is 0 Å². The van der Waals surface area contributed by atoms with Crippen LogP contribution in [0, 0.1) is 6.92 Å². The number of nitrogens with two attached hydrogens (primary N) is 1. The van der Waals surface area contributed by atoms with Crippen molar-refractivity contribution in [3.8, 4) is 5.69 Å². The summed E-state index contributed by atoms with van der Waals surface area (Å²) in [5, 5.41) is 4.99. The van der Waals surface area contributed by atoms with Crippen molar-refractivity contribution in [3.05, 3.63) is 46.7 Å². The van der Waals surface area contributed by atoms with Gasteiger partial charge in [-0.25, -0.2) is 4.68 Å². The van der Waals surface area contributed by atoms with Crippen molar-refractivity contribution < 1.29 is 0 Å². The van der Waals surface area contributed by atoms with Gasteiger partial charge in [-0.05, 0) is 36.8 Å². The maximum absolute atomic E-state index is 5.96. The van der Waals surface area contributed by atoms with E-state index in [1.807, 2.05) is 35.9 Å². The highest BCUT2D eigenvalue weighted by Gasteiger charge is 2.04. The Kier molecular flexibility index (Phi) is 2.75. The van der Waals surface area contributed by atoms with Gasteiger partial charge in [0, 0.05) is 17.8 Å². The molecule has 0 aliphatic rings. The third-order valence-corrected chi connectivity index (χ3v) is 2.74. The zero-order valence-electron chi connectivity index (χ0n) is 8.44. The van der Waals surface area contributed by atoms with Crippen LogP contribution in [-0.4, -0.2) is 9.78 Å². The number of hydrogen-bond donors (Lipinski definition) is 1. The highest BCUT2D eigenvalue weighted by atomic mass is 35.5. The molecular weight excluding hydrogens is 210 g/mol. The average molecular weight is 222 g/mol. The monoisotopic (exact) mass is 221 g/mol. The molecule has 0 aliphatic carbocycles. The zero-order chi connectivity index (χ0) is 10.8. The molecule has 0 unspecified atom stereocenters. The molecule has 2 rings (SSSR count). The van der Waals surface area contributed by atoms with Crippen LogP contribution in [0.3, 0.4) is 0 Å². The largest absolute Gasteiger partial charge is 0.325 e. The lowest BCUT2D eigenvalue weighted by Gasteiger charge is -2.07. The smallest absolute Gasteiger partial charge is 0.0653 e. The summed E-state index contributed by atoms with van der Waals surface area (Å²) in [4.78, 5) is 0. The number of aromatic nitrogens is 2. The predicted octanol–water partition coefficient (Wildman–Crippen LogP) is 2.29. The lowest BCUT2D eigenvalue weighted by atomic mass is 10.2. The Morgan fingerprint density at radius 2 is 2.20 bits per heavy atom. The topological polar surface area (TPSA) is 43.8 Å². The van der Waals surface area contributed by atoms with Gasteiger partial charge in [0.1, 0.15) is 0 Å². The van der Waals surface area contributed by atoms with Gasteiger partial charge in [-0.2, -0.15) is 5.10 Å². The van der Waals surface area contributed by atoms with Crippen LogP contribution >= 0.6 is 11.6 Å². The summed E-state index contributed by atoms with van der Waals surface area (Å²) in [5.41, 5.74) is 8.62. The fourth-order valence-electron chi connectivity index (χ4n) is 1.48. The SMILES string of the molecule is Cc1cc(-n2nccc2CN)ccc1Cl. The second-order valence-electron chi connectivity index (χ2n) is 3.37. The van der Waals surface area contributed by atoms with E-state index in [0.717, 1.165) is 22.0 Å². The second kappa shape index (κ2) is 4.04. The van der Waals surface area contributed by atoms with E-state index in [0.29, 0.717) is 6.54 Å². The second-order valence-corrected chi connectivity index (χ2v) is 3.78. The first kappa shape index (κ1) is 10.2. The summed E-state index contributed by atoms with van der Waals surface area (Å²) < 4.78 is 1.82. The van der Waals surface area contributed by atoms with Gasteiger partial charge in [-0.15, -0.1) is 0 Å². The molecule has 0 saturated carbocycles. The first-order valence-electron chi connectivity index (χ1n) is 4.72. The highest BCUT2D eigenvalue weighted by Crippen LogP contribution is 2.19. The molecule has 2 aromatic rings. The van der Waals surface area contributed by atoms with Crippen molar-refractivity contribution in [2.45, 2.75) is 13.5 Å². The van der Waals surface area contributed by atoms with Crippen LogP contribution in [0.25, 0.3) is 5.69 Å². The van der Waals surface area contributed by atoms with Crippen molar-refractivity contribution in [1.82, 2.24) is 9.78 Å². The van der Waals surface area contributed by atoms with Crippen molar-refractivity contribution in [1.29, 1.82) is 0 Å². The van der Waals surface area contributed by atoms with E-state index < -0.39 is 0 Å². The van der Waals surface area contributed by atoms with Gasteiger partial charge in [0.25, 0.3) is 0 Å². The maximum Gasteiger partial charge on any atom is 0.0653 e. The Hall–Kier alpha value is -1.32. The van der Waals surface area contributed by atoms with E-state index in [1.54, 1.807) is 6.20 Å². The predicted molar refractivity (Wildman–Crippen MR) is 61.2 cm³/mol. The molecule has 0 saturated heterocycles. The number of nitrogens with zero attached hydrogens (tertiary/aromatic N) is 2. The Labute approximate surface area is 93.5 Å². The molecule has 15 heavy (non-hydrogen) atoms. The first-order chi connectivity index (χ1) is 7.22. The molecule has 0 atom stereocenters. The zero-order valence-corrected chi connectivity index (χ0v) is 9.20. The van der Waals surface area contributed by atoms with Gasteiger partial charge < -0.3 is 5.73 Å². The Morgan fingerprint density at radius 3 is 2.87 bits per heavy atom. The van der Waals surface area contributed by atoms with Crippen molar-refractivity contribution in [3.63, 3.8) is 0 Å². The molecule has 0 aliphatic heterocycles. The average Bonchev–Trinajstić information content (AvgIpc) is 2.70. The lowest BCUT2D eigenvalue weighted by Crippen LogP contribution is -2.06. The summed E-state index contributed by atoms with van der Waals surface area (Å²) >= 11 is 5.96. The molecule has 78 valence electrons. The maximum atomic E-state index is 5.96. The van der Waals surface area contributed by atoms with Crippen LogP contribution in [0.15, 0.2) is 30.5 Å². The van der Waals surface area contributed by atoms with E-state index in [1.165, 1.54) is 0 Å². The van der Waals surface area contributed by atoms with Crippen LogP contribution < -0.4 is 5.73 Å².